The third-order valence-electron chi connectivity index (χ3n) is 3.97. The summed E-state index contributed by atoms with van der Waals surface area (Å²) in [7, 11) is 0. The lowest BCUT2D eigenvalue weighted by Crippen LogP contribution is -2.26. The summed E-state index contributed by atoms with van der Waals surface area (Å²) in [6.07, 6.45) is 4.29. The van der Waals surface area contributed by atoms with Gasteiger partial charge < -0.3 is 4.90 Å². The first-order valence-corrected chi connectivity index (χ1v) is 7.48. The number of benzene rings is 1. The molecule has 0 spiro atoms. The summed E-state index contributed by atoms with van der Waals surface area (Å²) in [6, 6.07) is 2.68. The van der Waals surface area contributed by atoms with Crippen molar-refractivity contribution in [1.29, 1.82) is 0 Å². The Hall–Kier alpha value is -0.830. The largest absolute Gasteiger partial charge is 0.367 e. The fourth-order valence-corrected chi connectivity index (χ4v) is 2.95. The molecule has 1 unspecified atom stereocenters. The third-order valence-corrected chi connectivity index (χ3v) is 4.28. The normalized spacial score (nSPS) is 20.4. The van der Waals surface area contributed by atoms with Gasteiger partial charge in [0.1, 0.15) is 17.3 Å². The number of hydrogen-bond acceptors (Lipinski definition) is 1. The molecule has 1 aliphatic heterocycles. The van der Waals surface area contributed by atoms with Crippen LogP contribution in [0.3, 0.4) is 0 Å². The summed E-state index contributed by atoms with van der Waals surface area (Å²) < 4.78 is 28.1. The van der Waals surface area contributed by atoms with Crippen LogP contribution in [-0.2, 0) is 5.88 Å². The Morgan fingerprint density at radius 3 is 2.47 bits per heavy atom. The molecule has 0 saturated carbocycles. The summed E-state index contributed by atoms with van der Waals surface area (Å²) in [5, 5.41) is 0. The summed E-state index contributed by atoms with van der Waals surface area (Å²) in [5.74, 6) is -0.180. The van der Waals surface area contributed by atoms with Crippen molar-refractivity contribution in [2.75, 3.05) is 18.0 Å². The molecular formula is C15H20ClF2N. The molecule has 1 aliphatic rings. The highest BCUT2D eigenvalue weighted by Gasteiger charge is 2.21. The van der Waals surface area contributed by atoms with Crippen LogP contribution in [-0.4, -0.2) is 13.1 Å². The Kier molecular flexibility index (Phi) is 5.03. The molecule has 19 heavy (non-hydrogen) atoms. The third kappa shape index (κ3) is 3.38. The molecular weight excluding hydrogens is 268 g/mol. The van der Waals surface area contributed by atoms with Gasteiger partial charge in [0.25, 0.3) is 0 Å². The van der Waals surface area contributed by atoms with E-state index in [0.717, 1.165) is 38.8 Å². The van der Waals surface area contributed by atoms with Gasteiger partial charge in [-0.3, -0.25) is 0 Å². The first-order chi connectivity index (χ1) is 9.15. The molecule has 1 nitrogen and oxygen atoms in total. The van der Waals surface area contributed by atoms with Crippen LogP contribution >= 0.6 is 11.6 Å². The highest BCUT2D eigenvalue weighted by Crippen LogP contribution is 2.29. The van der Waals surface area contributed by atoms with Crippen molar-refractivity contribution in [3.8, 4) is 0 Å². The van der Waals surface area contributed by atoms with Crippen LogP contribution in [0.15, 0.2) is 12.1 Å². The van der Waals surface area contributed by atoms with Gasteiger partial charge in [0.2, 0.25) is 0 Å². The van der Waals surface area contributed by atoms with Crippen molar-refractivity contribution in [2.45, 2.75) is 38.5 Å². The smallest absolute Gasteiger partial charge is 0.149 e. The fraction of sp³-hybridized carbons (Fsp3) is 0.600. The molecule has 1 heterocycles. The molecule has 106 valence electrons. The maximum atomic E-state index is 14.1. The average molecular weight is 288 g/mol. The molecule has 0 aliphatic carbocycles. The van der Waals surface area contributed by atoms with Gasteiger partial charge in [-0.05, 0) is 42.9 Å². The molecule has 0 N–H and O–H groups in total. The van der Waals surface area contributed by atoms with Crippen LogP contribution < -0.4 is 4.90 Å². The lowest BCUT2D eigenvalue weighted by molar-refractivity contribution is 0.459. The molecule has 2 rings (SSSR count). The SMILES string of the molecule is CCC1CCCN(c2c(F)cc(CCl)cc2F)CC1. The zero-order chi connectivity index (χ0) is 13.8. The predicted molar refractivity (Wildman–Crippen MR) is 75.8 cm³/mol. The van der Waals surface area contributed by atoms with E-state index in [1.165, 1.54) is 12.1 Å². The fourth-order valence-electron chi connectivity index (χ4n) is 2.79. The van der Waals surface area contributed by atoms with Gasteiger partial charge in [-0.25, -0.2) is 8.78 Å². The summed E-state index contributed by atoms with van der Waals surface area (Å²) in [4.78, 5) is 1.85. The highest BCUT2D eigenvalue weighted by atomic mass is 35.5. The van der Waals surface area contributed by atoms with Crippen molar-refractivity contribution >= 4 is 17.3 Å². The molecule has 1 aromatic carbocycles. The molecule has 1 saturated heterocycles. The molecule has 1 atom stereocenters. The van der Waals surface area contributed by atoms with Crippen molar-refractivity contribution < 1.29 is 8.78 Å². The average Bonchev–Trinajstić information content (AvgIpc) is 2.63. The van der Waals surface area contributed by atoms with E-state index >= 15 is 0 Å². The molecule has 0 aromatic heterocycles. The topological polar surface area (TPSA) is 3.24 Å². The van der Waals surface area contributed by atoms with E-state index < -0.39 is 11.6 Å². The van der Waals surface area contributed by atoms with Gasteiger partial charge in [-0.2, -0.15) is 0 Å². The van der Waals surface area contributed by atoms with Crippen LogP contribution in [0.2, 0.25) is 0 Å². The van der Waals surface area contributed by atoms with E-state index in [4.69, 9.17) is 11.6 Å². The molecule has 0 radical (unpaired) electrons. The Morgan fingerprint density at radius 1 is 1.21 bits per heavy atom. The van der Waals surface area contributed by atoms with E-state index in [1.807, 2.05) is 4.90 Å². The second kappa shape index (κ2) is 6.56. The second-order valence-corrected chi connectivity index (χ2v) is 5.50. The van der Waals surface area contributed by atoms with Crippen LogP contribution in [0.1, 0.15) is 38.2 Å². The maximum absolute atomic E-state index is 14.1. The molecule has 4 heteroatoms. The van der Waals surface area contributed by atoms with Crippen molar-refractivity contribution in [2.24, 2.45) is 5.92 Å². The van der Waals surface area contributed by atoms with Crippen LogP contribution in [0.25, 0.3) is 0 Å². The van der Waals surface area contributed by atoms with Gasteiger partial charge in [0.05, 0.1) is 0 Å². The van der Waals surface area contributed by atoms with Crippen LogP contribution in [0.5, 0.6) is 0 Å². The molecule has 1 aromatic rings. The first kappa shape index (κ1) is 14.6. The Morgan fingerprint density at radius 2 is 1.89 bits per heavy atom. The maximum Gasteiger partial charge on any atom is 0.149 e. The lowest BCUT2D eigenvalue weighted by atomic mass is 9.98. The lowest BCUT2D eigenvalue weighted by Gasteiger charge is -2.24. The first-order valence-electron chi connectivity index (χ1n) is 6.94. The number of alkyl halides is 1. The molecule has 1 fully saturated rings. The monoisotopic (exact) mass is 287 g/mol. The van der Waals surface area contributed by atoms with Crippen molar-refractivity contribution in [1.82, 2.24) is 0 Å². The number of rotatable bonds is 3. The van der Waals surface area contributed by atoms with Gasteiger partial charge in [0.15, 0.2) is 0 Å². The van der Waals surface area contributed by atoms with Gasteiger partial charge in [-0.15, -0.1) is 11.6 Å². The number of anilines is 1. The van der Waals surface area contributed by atoms with E-state index in [0.29, 0.717) is 11.5 Å². The standard InChI is InChI=1S/C15H20ClF2N/c1-2-11-4-3-6-19(7-5-11)15-13(17)8-12(10-16)9-14(15)18/h8-9,11H,2-7,10H2,1H3. The van der Waals surface area contributed by atoms with Crippen molar-refractivity contribution in [3.05, 3.63) is 29.3 Å². The zero-order valence-corrected chi connectivity index (χ0v) is 12.0. The summed E-state index contributed by atoms with van der Waals surface area (Å²) in [6.45, 7) is 3.63. The summed E-state index contributed by atoms with van der Waals surface area (Å²) >= 11 is 5.63. The Balaban J connectivity index is 2.21. The van der Waals surface area contributed by atoms with Gasteiger partial charge in [0, 0.05) is 19.0 Å². The van der Waals surface area contributed by atoms with Crippen molar-refractivity contribution in [3.63, 3.8) is 0 Å². The minimum Gasteiger partial charge on any atom is -0.367 e. The van der Waals surface area contributed by atoms with E-state index in [-0.39, 0.29) is 11.6 Å². The minimum atomic E-state index is -0.495. The van der Waals surface area contributed by atoms with Crippen LogP contribution in [0, 0.1) is 17.6 Å². The molecule has 0 amide bonds. The molecule has 0 bridgehead atoms. The second-order valence-electron chi connectivity index (χ2n) is 5.23. The highest BCUT2D eigenvalue weighted by molar-refractivity contribution is 6.17. The number of halogens is 3. The number of hydrogen-bond donors (Lipinski definition) is 0. The van der Waals surface area contributed by atoms with Crippen LogP contribution in [0.4, 0.5) is 14.5 Å². The predicted octanol–water partition coefficient (Wildman–Crippen LogP) is 4.72. The Labute approximate surface area is 118 Å². The van der Waals surface area contributed by atoms with E-state index in [9.17, 15) is 8.78 Å². The van der Waals surface area contributed by atoms with Gasteiger partial charge >= 0.3 is 0 Å². The number of nitrogens with zero attached hydrogens (tertiary/aromatic N) is 1. The minimum absolute atomic E-state index is 0.116. The zero-order valence-electron chi connectivity index (χ0n) is 11.3. The van der Waals surface area contributed by atoms with E-state index in [1.54, 1.807) is 0 Å². The quantitative estimate of drug-likeness (QED) is 0.727. The van der Waals surface area contributed by atoms with E-state index in [2.05, 4.69) is 6.92 Å². The summed E-state index contributed by atoms with van der Waals surface area (Å²) in [5.41, 5.74) is 0.604. The van der Waals surface area contributed by atoms with Gasteiger partial charge in [-0.1, -0.05) is 13.3 Å². The Bertz CT molecular complexity index is 413.